The minimum Gasteiger partial charge on any atom is -0.368 e. The second kappa shape index (κ2) is 9.57. The molecule has 35 heavy (non-hydrogen) atoms. The van der Waals surface area contributed by atoms with Crippen molar-refractivity contribution in [3.8, 4) is 17.3 Å². The second-order valence-electron chi connectivity index (χ2n) is 8.68. The molecule has 0 fully saturated rings. The molecule has 0 unspecified atom stereocenters. The molecular formula is C25H29N9O. The van der Waals surface area contributed by atoms with E-state index >= 15 is 0 Å². The highest BCUT2D eigenvalue weighted by Gasteiger charge is 2.31. The van der Waals surface area contributed by atoms with Crippen LogP contribution in [0.4, 0.5) is 0 Å². The molecule has 10 nitrogen and oxygen atoms in total. The highest BCUT2D eigenvalue weighted by Crippen LogP contribution is 2.33. The van der Waals surface area contributed by atoms with E-state index in [-0.39, 0.29) is 5.69 Å². The molecule has 0 atom stereocenters. The fourth-order valence-corrected chi connectivity index (χ4v) is 4.56. The number of allylic oxidation sites excluding steroid dienone is 2. The first kappa shape index (κ1) is 22.6. The topological polar surface area (TPSA) is 111 Å². The number of nitrogens with zero attached hydrogens (tertiary/aromatic N) is 7. The van der Waals surface area contributed by atoms with Crippen LogP contribution in [0.2, 0.25) is 0 Å². The zero-order chi connectivity index (χ0) is 24.3. The summed E-state index contributed by atoms with van der Waals surface area (Å²) in [5, 5.41) is 17.4. The largest absolute Gasteiger partial charge is 0.368 e. The molecule has 0 amide bonds. The molecule has 2 N–H and O–H groups in total. The molecule has 0 saturated carbocycles. The first-order valence-corrected chi connectivity index (χ1v) is 11.9. The van der Waals surface area contributed by atoms with E-state index in [1.165, 1.54) is 0 Å². The van der Waals surface area contributed by atoms with E-state index in [1.54, 1.807) is 10.8 Å². The lowest BCUT2D eigenvalue weighted by atomic mass is 9.78. The molecule has 1 aliphatic rings. The zero-order valence-electron chi connectivity index (χ0n) is 19.9. The number of aromatic amines is 1. The predicted molar refractivity (Wildman–Crippen MR) is 133 cm³/mol. The van der Waals surface area contributed by atoms with Gasteiger partial charge in [0.2, 0.25) is 5.95 Å². The molecule has 0 saturated heterocycles. The van der Waals surface area contributed by atoms with Gasteiger partial charge in [0.05, 0.1) is 5.41 Å². The molecule has 5 rings (SSSR count). The van der Waals surface area contributed by atoms with E-state index in [2.05, 4.69) is 62.1 Å². The molecule has 0 aliphatic carbocycles. The van der Waals surface area contributed by atoms with E-state index in [1.807, 2.05) is 53.0 Å². The van der Waals surface area contributed by atoms with Crippen LogP contribution in [-0.2, 0) is 24.9 Å². The summed E-state index contributed by atoms with van der Waals surface area (Å²) in [6, 6.07) is 8.10. The van der Waals surface area contributed by atoms with Crippen molar-refractivity contribution in [2.75, 3.05) is 0 Å². The van der Waals surface area contributed by atoms with Crippen LogP contribution in [0.1, 0.15) is 37.9 Å². The highest BCUT2D eigenvalue weighted by molar-refractivity contribution is 5.57. The average Bonchev–Trinajstić information content (AvgIpc) is 3.65. The van der Waals surface area contributed by atoms with E-state index in [4.69, 9.17) is 0 Å². The van der Waals surface area contributed by atoms with E-state index in [0.29, 0.717) is 18.3 Å². The summed E-state index contributed by atoms with van der Waals surface area (Å²) in [4.78, 5) is 18.3. The summed E-state index contributed by atoms with van der Waals surface area (Å²) in [5.74, 6) is 1.24. The van der Waals surface area contributed by atoms with Gasteiger partial charge in [-0.15, -0.1) is 5.10 Å². The number of aromatic nitrogens is 8. The van der Waals surface area contributed by atoms with Crippen LogP contribution >= 0.6 is 0 Å². The number of H-pyrrole nitrogens is 1. The SMILES string of the molecule is CCCCc1cn(-c2nccn2CC)c(=O)n1CC1(c2cccc(-c3nnn[nH]3)c2)C=CNC=C1. The second-order valence-corrected chi connectivity index (χ2v) is 8.68. The standard InChI is InChI=1S/C25H29N9O/c1-3-5-9-21-17-33(23-27-14-15-32(23)4-2)24(35)34(21)18-25(10-12-26-13-11-25)20-8-6-7-19(16-20)22-28-30-31-29-22/h6-8,10-17,26H,3-5,9,18H2,1-2H3,(H,28,29,30,31). The lowest BCUT2D eigenvalue weighted by molar-refractivity contribution is 0.495. The Bertz CT molecular complexity index is 1390. The maximum absolute atomic E-state index is 13.8. The highest BCUT2D eigenvalue weighted by atomic mass is 16.1. The molecule has 0 radical (unpaired) electrons. The van der Waals surface area contributed by atoms with Crippen molar-refractivity contribution < 1.29 is 0 Å². The minimum absolute atomic E-state index is 0.0905. The molecule has 0 spiro atoms. The average molecular weight is 472 g/mol. The van der Waals surface area contributed by atoms with Gasteiger partial charge in [0.25, 0.3) is 0 Å². The van der Waals surface area contributed by atoms with Crippen LogP contribution in [-0.4, -0.2) is 39.3 Å². The minimum atomic E-state index is -0.536. The van der Waals surface area contributed by atoms with Crippen molar-refractivity contribution >= 4 is 0 Å². The maximum Gasteiger partial charge on any atom is 0.335 e. The van der Waals surface area contributed by atoms with Crippen LogP contribution in [0.25, 0.3) is 17.3 Å². The van der Waals surface area contributed by atoms with Crippen LogP contribution in [0.15, 0.2) is 72.2 Å². The van der Waals surface area contributed by atoms with Gasteiger partial charge < -0.3 is 9.88 Å². The van der Waals surface area contributed by atoms with Crippen molar-refractivity contribution in [3.05, 3.63) is 89.1 Å². The number of rotatable bonds is 9. The Balaban J connectivity index is 1.61. The fraction of sp³-hybridized carbons (Fsp3) is 0.320. The Kier molecular flexibility index (Phi) is 6.17. The first-order chi connectivity index (χ1) is 17.1. The van der Waals surface area contributed by atoms with Gasteiger partial charge in [-0.3, -0.25) is 4.57 Å². The molecule has 1 aliphatic heterocycles. The van der Waals surface area contributed by atoms with Crippen LogP contribution in [0.3, 0.4) is 0 Å². The van der Waals surface area contributed by atoms with E-state index < -0.39 is 5.41 Å². The first-order valence-electron chi connectivity index (χ1n) is 11.9. The Hall–Kier alpha value is -4.21. The molecule has 4 heterocycles. The fourth-order valence-electron chi connectivity index (χ4n) is 4.56. The maximum atomic E-state index is 13.8. The summed E-state index contributed by atoms with van der Waals surface area (Å²) in [7, 11) is 0. The number of hydrogen-bond donors (Lipinski definition) is 2. The van der Waals surface area contributed by atoms with Gasteiger partial charge in [0.1, 0.15) is 0 Å². The lowest BCUT2D eigenvalue weighted by Crippen LogP contribution is -2.36. The normalized spacial score (nSPS) is 14.3. The van der Waals surface area contributed by atoms with Gasteiger partial charge in [0, 0.05) is 42.9 Å². The van der Waals surface area contributed by atoms with Gasteiger partial charge in [-0.05, 0) is 54.2 Å². The van der Waals surface area contributed by atoms with Gasteiger partial charge in [-0.2, -0.15) is 0 Å². The summed E-state index contributed by atoms with van der Waals surface area (Å²) in [6.07, 6.45) is 16.5. The number of aryl methyl sites for hydroxylation is 2. The summed E-state index contributed by atoms with van der Waals surface area (Å²) in [5.41, 5.74) is 2.29. The Morgan fingerprint density at radius 1 is 1.14 bits per heavy atom. The van der Waals surface area contributed by atoms with Crippen LogP contribution in [0, 0.1) is 0 Å². The number of benzene rings is 1. The number of hydrogen-bond acceptors (Lipinski definition) is 6. The molecule has 3 aromatic heterocycles. The quantitative estimate of drug-likeness (QED) is 0.388. The van der Waals surface area contributed by atoms with Gasteiger partial charge in [-0.25, -0.2) is 19.4 Å². The van der Waals surface area contributed by atoms with Crippen LogP contribution < -0.4 is 11.0 Å². The lowest BCUT2D eigenvalue weighted by Gasteiger charge is -2.31. The monoisotopic (exact) mass is 471 g/mol. The number of imidazole rings is 2. The Morgan fingerprint density at radius 2 is 2.00 bits per heavy atom. The number of unbranched alkanes of at least 4 members (excludes halogenated alkanes) is 1. The third kappa shape index (κ3) is 4.23. The van der Waals surface area contributed by atoms with Crippen molar-refractivity contribution in [1.29, 1.82) is 0 Å². The van der Waals surface area contributed by atoms with Crippen molar-refractivity contribution in [2.24, 2.45) is 0 Å². The zero-order valence-corrected chi connectivity index (χ0v) is 19.9. The molecule has 180 valence electrons. The van der Waals surface area contributed by atoms with E-state index in [0.717, 1.165) is 42.6 Å². The summed E-state index contributed by atoms with van der Waals surface area (Å²) >= 11 is 0. The Labute approximate surface area is 203 Å². The third-order valence-electron chi connectivity index (χ3n) is 6.49. The summed E-state index contributed by atoms with van der Waals surface area (Å²) in [6.45, 7) is 5.40. The van der Waals surface area contributed by atoms with Gasteiger partial charge >= 0.3 is 5.69 Å². The number of tetrazole rings is 1. The van der Waals surface area contributed by atoms with Crippen molar-refractivity contribution in [1.82, 2.24) is 44.6 Å². The van der Waals surface area contributed by atoms with Crippen LogP contribution in [0.5, 0.6) is 0 Å². The number of nitrogens with one attached hydrogen (secondary N) is 2. The third-order valence-corrected chi connectivity index (χ3v) is 6.49. The molecule has 0 bridgehead atoms. The van der Waals surface area contributed by atoms with Crippen molar-refractivity contribution in [2.45, 2.75) is 51.6 Å². The molecule has 1 aromatic carbocycles. The van der Waals surface area contributed by atoms with Crippen molar-refractivity contribution in [3.63, 3.8) is 0 Å². The summed E-state index contributed by atoms with van der Waals surface area (Å²) < 4.78 is 5.55. The molecule has 4 aromatic rings. The smallest absolute Gasteiger partial charge is 0.335 e. The van der Waals surface area contributed by atoms with E-state index in [9.17, 15) is 4.79 Å². The molecular weight excluding hydrogens is 442 g/mol. The van der Waals surface area contributed by atoms with Gasteiger partial charge in [-0.1, -0.05) is 43.7 Å². The Morgan fingerprint density at radius 3 is 2.74 bits per heavy atom. The molecule has 10 heteroatoms. The number of dihydropyridines is 1. The predicted octanol–water partition coefficient (Wildman–Crippen LogP) is 2.95. The van der Waals surface area contributed by atoms with Gasteiger partial charge in [0.15, 0.2) is 5.82 Å².